The average Bonchev–Trinajstić information content (AvgIpc) is 3.28. The molecule has 0 aromatic rings. The fraction of sp³-hybridized carbons (Fsp3) is 0.931. The van der Waals surface area contributed by atoms with Gasteiger partial charge in [-0.05, 0) is 106 Å². The lowest BCUT2D eigenvalue weighted by Crippen LogP contribution is -2.56. The summed E-state index contributed by atoms with van der Waals surface area (Å²) < 4.78 is 6.21. The van der Waals surface area contributed by atoms with Crippen LogP contribution in [0.2, 0.25) is 0 Å². The van der Waals surface area contributed by atoms with Crippen LogP contribution < -0.4 is 0 Å². The van der Waals surface area contributed by atoms with E-state index in [1.807, 2.05) is 4.90 Å². The van der Waals surface area contributed by atoms with E-state index in [1.165, 1.54) is 25.7 Å². The summed E-state index contributed by atoms with van der Waals surface area (Å²) in [4.78, 5) is 30.1. The normalized spacial score (nSPS) is 43.7. The van der Waals surface area contributed by atoms with Crippen molar-refractivity contribution < 1.29 is 14.3 Å². The van der Waals surface area contributed by atoms with Crippen molar-refractivity contribution >= 4 is 11.9 Å². The number of hydrogen-bond acceptors (Lipinski definition) is 4. The molecule has 5 heteroatoms. The third kappa shape index (κ3) is 3.92. The number of fused-ring (bicyclic) bond motifs is 5. The van der Waals surface area contributed by atoms with Gasteiger partial charge >= 0.3 is 6.09 Å². The Morgan fingerprint density at radius 2 is 1.71 bits per heavy atom. The molecule has 4 saturated carbocycles. The fourth-order valence-electron chi connectivity index (χ4n) is 9.41. The molecule has 5 nitrogen and oxygen atoms in total. The molecular weight excluding hydrogens is 424 g/mol. The van der Waals surface area contributed by atoms with Crippen LogP contribution in [0, 0.1) is 34.5 Å². The third-order valence-corrected chi connectivity index (χ3v) is 11.3. The summed E-state index contributed by atoms with van der Waals surface area (Å²) in [7, 11) is 0. The van der Waals surface area contributed by atoms with E-state index in [2.05, 4.69) is 32.6 Å². The first kappa shape index (κ1) is 24.6. The minimum Gasteiger partial charge on any atom is -0.441 e. The van der Waals surface area contributed by atoms with E-state index in [9.17, 15) is 9.59 Å². The van der Waals surface area contributed by atoms with Crippen LogP contribution in [0.1, 0.15) is 98.3 Å². The molecule has 0 aromatic heterocycles. The maximum atomic E-state index is 12.9. The summed E-state index contributed by atoms with van der Waals surface area (Å²) in [5.41, 5.74) is 0.0477. The summed E-state index contributed by atoms with van der Waals surface area (Å²) in [5.74, 6) is 3.28. The highest BCUT2D eigenvalue weighted by atomic mass is 16.6. The number of hydrogen-bond donors (Lipinski definition) is 0. The Bertz CT molecular complexity index is 794. The predicted molar refractivity (Wildman–Crippen MR) is 135 cm³/mol. The molecule has 1 saturated heterocycles. The maximum Gasteiger partial charge on any atom is 0.410 e. The summed E-state index contributed by atoms with van der Waals surface area (Å²) >= 11 is 0. The van der Waals surface area contributed by atoms with E-state index in [-0.39, 0.29) is 17.1 Å². The predicted octanol–water partition coefficient (Wildman–Crippen LogP) is 5.91. The van der Waals surface area contributed by atoms with Gasteiger partial charge in [-0.3, -0.25) is 4.79 Å². The summed E-state index contributed by atoms with van der Waals surface area (Å²) in [6.07, 6.45) is 12.2. The number of carbonyl (C=O) groups excluding carboxylic acids is 2. The van der Waals surface area contributed by atoms with Crippen molar-refractivity contribution in [3.8, 4) is 0 Å². The van der Waals surface area contributed by atoms with Gasteiger partial charge in [0.25, 0.3) is 0 Å². The zero-order chi connectivity index (χ0) is 24.1. The Kier molecular flexibility index (Phi) is 6.57. The number of carbonyl (C=O) groups is 2. The van der Waals surface area contributed by atoms with Crippen molar-refractivity contribution in [2.24, 2.45) is 34.5 Å². The topological polar surface area (TPSA) is 49.9 Å². The SMILES string of the molecule is CCCN(CCC)CCN1C[C@]2(CC[C@@]3(C)[C@@H](CC[C@@H]4[C@@H]3CC[C@]3(C)C(=O)CC[C@@H]43)C2)OC1=O. The van der Waals surface area contributed by atoms with Gasteiger partial charge in [0.2, 0.25) is 0 Å². The minimum absolute atomic E-state index is 0.0365. The van der Waals surface area contributed by atoms with Gasteiger partial charge in [0.1, 0.15) is 11.4 Å². The lowest BCUT2D eigenvalue weighted by atomic mass is 9.44. The Labute approximate surface area is 207 Å². The summed E-state index contributed by atoms with van der Waals surface area (Å²) in [5, 5.41) is 0. The van der Waals surface area contributed by atoms with Crippen LogP contribution in [0.3, 0.4) is 0 Å². The first-order valence-corrected chi connectivity index (χ1v) is 14.5. The molecule has 34 heavy (non-hydrogen) atoms. The first-order valence-electron chi connectivity index (χ1n) is 14.5. The Hall–Kier alpha value is -1.10. The highest BCUT2D eigenvalue weighted by Gasteiger charge is 2.62. The standard InChI is InChI=1S/C29H48N2O3/c1-5-15-30(16-6-2)17-18-31-20-29(34-26(31)33)14-13-27(3)21(19-29)7-8-22-23-9-10-25(32)28(23,4)12-11-24(22)27/h21-24H,5-20H2,1-4H3/t21-,22-,23-,24-,27-,28-,29+/m0/s1. The number of nitrogens with zero attached hydrogens (tertiary/aromatic N) is 2. The molecule has 0 aromatic carbocycles. The second kappa shape index (κ2) is 9.09. The zero-order valence-corrected chi connectivity index (χ0v) is 22.2. The fourth-order valence-corrected chi connectivity index (χ4v) is 9.41. The molecule has 7 atom stereocenters. The summed E-state index contributed by atoms with van der Waals surface area (Å²) in [6.45, 7) is 14.0. The van der Waals surface area contributed by atoms with Crippen molar-refractivity contribution in [3.05, 3.63) is 0 Å². The van der Waals surface area contributed by atoms with E-state index < -0.39 is 0 Å². The number of ether oxygens (including phenoxy) is 1. The van der Waals surface area contributed by atoms with Crippen molar-refractivity contribution in [3.63, 3.8) is 0 Å². The van der Waals surface area contributed by atoms with Crippen LogP contribution in [0.25, 0.3) is 0 Å². The molecule has 5 fully saturated rings. The zero-order valence-electron chi connectivity index (χ0n) is 22.2. The Morgan fingerprint density at radius 1 is 0.941 bits per heavy atom. The van der Waals surface area contributed by atoms with Gasteiger partial charge in [-0.15, -0.1) is 0 Å². The van der Waals surface area contributed by atoms with Crippen LogP contribution in [-0.2, 0) is 9.53 Å². The maximum absolute atomic E-state index is 12.9. The van der Waals surface area contributed by atoms with Gasteiger partial charge in [0, 0.05) is 24.9 Å². The van der Waals surface area contributed by atoms with Gasteiger partial charge in [-0.1, -0.05) is 27.7 Å². The Morgan fingerprint density at radius 3 is 2.44 bits per heavy atom. The van der Waals surface area contributed by atoms with E-state index in [4.69, 9.17) is 4.74 Å². The molecule has 1 aliphatic heterocycles. The van der Waals surface area contributed by atoms with Crippen LogP contribution in [0.4, 0.5) is 4.79 Å². The average molecular weight is 473 g/mol. The van der Waals surface area contributed by atoms with Crippen LogP contribution >= 0.6 is 0 Å². The van der Waals surface area contributed by atoms with Gasteiger partial charge < -0.3 is 14.5 Å². The van der Waals surface area contributed by atoms with E-state index >= 15 is 0 Å². The molecule has 5 aliphatic rings. The molecule has 1 heterocycles. The smallest absolute Gasteiger partial charge is 0.410 e. The summed E-state index contributed by atoms with van der Waals surface area (Å²) in [6, 6.07) is 0. The molecule has 192 valence electrons. The third-order valence-electron chi connectivity index (χ3n) is 11.3. The number of amides is 1. The minimum atomic E-state index is -0.263. The number of Topliss-reactive ketones (excluding diaryl/α,β-unsaturated/α-hetero) is 1. The molecule has 1 amide bonds. The number of rotatable bonds is 7. The quantitative estimate of drug-likeness (QED) is 0.462. The van der Waals surface area contributed by atoms with Crippen LogP contribution in [0.15, 0.2) is 0 Å². The van der Waals surface area contributed by atoms with E-state index in [1.54, 1.807) is 0 Å². The second-order valence-corrected chi connectivity index (χ2v) is 13.1. The number of ketones is 1. The molecule has 0 unspecified atom stereocenters. The van der Waals surface area contributed by atoms with E-state index in [0.29, 0.717) is 23.0 Å². The van der Waals surface area contributed by atoms with Gasteiger partial charge in [-0.2, -0.15) is 0 Å². The second-order valence-electron chi connectivity index (χ2n) is 13.1. The highest BCUT2D eigenvalue weighted by molar-refractivity contribution is 5.87. The molecular formula is C29H48N2O3. The monoisotopic (exact) mass is 472 g/mol. The van der Waals surface area contributed by atoms with Crippen molar-refractivity contribution in [2.75, 3.05) is 32.7 Å². The van der Waals surface area contributed by atoms with Gasteiger partial charge in [-0.25, -0.2) is 4.79 Å². The largest absolute Gasteiger partial charge is 0.441 e. The van der Waals surface area contributed by atoms with Gasteiger partial charge in [0.15, 0.2) is 0 Å². The highest BCUT2D eigenvalue weighted by Crippen LogP contribution is 2.66. The van der Waals surface area contributed by atoms with Crippen molar-refractivity contribution in [2.45, 2.75) is 104 Å². The van der Waals surface area contributed by atoms with Crippen LogP contribution in [0.5, 0.6) is 0 Å². The first-order chi connectivity index (χ1) is 16.2. The van der Waals surface area contributed by atoms with Gasteiger partial charge in [0.05, 0.1) is 6.54 Å². The molecule has 0 radical (unpaired) electrons. The molecule has 5 rings (SSSR count). The Balaban J connectivity index is 1.24. The van der Waals surface area contributed by atoms with Crippen LogP contribution in [-0.4, -0.2) is 60.0 Å². The lowest BCUT2D eigenvalue weighted by molar-refractivity contribution is -0.149. The van der Waals surface area contributed by atoms with Crippen molar-refractivity contribution in [1.29, 1.82) is 0 Å². The molecule has 4 aliphatic carbocycles. The molecule has 1 spiro atoms. The lowest BCUT2D eigenvalue weighted by Gasteiger charge is -2.61. The van der Waals surface area contributed by atoms with Crippen molar-refractivity contribution in [1.82, 2.24) is 9.80 Å². The molecule has 0 bridgehead atoms. The molecule has 0 N–H and O–H groups in total. The van der Waals surface area contributed by atoms with E-state index in [0.717, 1.165) is 89.5 Å².